The Morgan fingerprint density at radius 1 is 1.17 bits per heavy atom. The summed E-state index contributed by atoms with van der Waals surface area (Å²) in [6.45, 7) is 6.24. The molecule has 0 unspecified atom stereocenters. The van der Waals surface area contributed by atoms with Crippen molar-refractivity contribution in [2.24, 2.45) is 4.99 Å². The van der Waals surface area contributed by atoms with Crippen LogP contribution in [0.25, 0.3) is 0 Å². The Kier molecular flexibility index (Phi) is 12.4. The smallest absolute Gasteiger partial charge is 0.191 e. The molecule has 4 nitrogen and oxygen atoms in total. The molecule has 0 aromatic heterocycles. The van der Waals surface area contributed by atoms with Gasteiger partial charge in [0.25, 0.3) is 0 Å². The van der Waals surface area contributed by atoms with Crippen LogP contribution in [-0.2, 0) is 5.41 Å². The van der Waals surface area contributed by atoms with Crippen molar-refractivity contribution in [3.63, 3.8) is 0 Å². The molecule has 1 aromatic rings. The maximum absolute atomic E-state index is 5.22. The van der Waals surface area contributed by atoms with Gasteiger partial charge in [0, 0.05) is 25.6 Å². The van der Waals surface area contributed by atoms with Crippen LogP contribution < -0.4 is 15.4 Å². The summed E-state index contributed by atoms with van der Waals surface area (Å²) in [5, 5.41) is 6.81. The van der Waals surface area contributed by atoms with Crippen LogP contribution in [0.2, 0.25) is 0 Å². The van der Waals surface area contributed by atoms with E-state index >= 15 is 0 Å². The molecule has 0 aliphatic heterocycles. The van der Waals surface area contributed by atoms with E-state index in [1.54, 1.807) is 7.11 Å². The number of halogens is 1. The predicted octanol–water partition coefficient (Wildman–Crippen LogP) is 3.90. The standard InChI is InChI=1S/C18H31N3OS.HI/c1-18(2,15-8-10-16(22-4)11-9-15)14-21-17(19-3)20-12-6-7-13-23-5;/h8-11H,6-7,12-14H2,1-5H3,(H2,19,20,21);1H. The largest absolute Gasteiger partial charge is 0.497 e. The summed E-state index contributed by atoms with van der Waals surface area (Å²) in [7, 11) is 3.51. The molecule has 0 atom stereocenters. The van der Waals surface area contributed by atoms with Crippen LogP contribution in [0, 0.1) is 0 Å². The molecule has 2 N–H and O–H groups in total. The SMILES string of the molecule is CN=C(NCCCCSC)NCC(C)(C)c1ccc(OC)cc1.I. The van der Waals surface area contributed by atoms with Gasteiger partial charge in [-0.1, -0.05) is 26.0 Å². The fourth-order valence-corrected chi connectivity index (χ4v) is 2.74. The van der Waals surface area contributed by atoms with Crippen LogP contribution in [0.15, 0.2) is 29.3 Å². The summed E-state index contributed by atoms with van der Waals surface area (Å²) in [6, 6.07) is 8.27. The summed E-state index contributed by atoms with van der Waals surface area (Å²) in [6.07, 6.45) is 4.56. The van der Waals surface area contributed by atoms with Gasteiger partial charge >= 0.3 is 0 Å². The number of hydrogen-bond donors (Lipinski definition) is 2. The van der Waals surface area contributed by atoms with Crippen molar-refractivity contribution in [1.29, 1.82) is 0 Å². The quantitative estimate of drug-likeness (QED) is 0.251. The molecular formula is C18H32IN3OS. The van der Waals surface area contributed by atoms with E-state index in [1.807, 2.05) is 30.9 Å². The molecule has 0 aliphatic carbocycles. The van der Waals surface area contributed by atoms with E-state index in [-0.39, 0.29) is 29.4 Å². The molecular weight excluding hydrogens is 433 g/mol. The van der Waals surface area contributed by atoms with Crippen molar-refractivity contribution in [2.75, 3.05) is 39.3 Å². The number of unbranched alkanes of at least 4 members (excludes halogenated alkanes) is 1. The Balaban J connectivity index is 0.00000529. The molecule has 0 radical (unpaired) electrons. The van der Waals surface area contributed by atoms with E-state index in [0.717, 1.165) is 24.8 Å². The Hall–Kier alpha value is -0.630. The van der Waals surface area contributed by atoms with Gasteiger partial charge in [0.05, 0.1) is 7.11 Å². The highest BCUT2D eigenvalue weighted by Crippen LogP contribution is 2.24. The highest BCUT2D eigenvalue weighted by molar-refractivity contribution is 14.0. The van der Waals surface area contributed by atoms with Gasteiger partial charge in [0.15, 0.2) is 5.96 Å². The Labute approximate surface area is 168 Å². The van der Waals surface area contributed by atoms with Crippen molar-refractivity contribution in [1.82, 2.24) is 10.6 Å². The maximum Gasteiger partial charge on any atom is 0.191 e. The van der Waals surface area contributed by atoms with Crippen LogP contribution in [0.5, 0.6) is 5.75 Å². The van der Waals surface area contributed by atoms with Crippen LogP contribution >= 0.6 is 35.7 Å². The molecule has 138 valence electrons. The first-order valence-electron chi connectivity index (χ1n) is 8.11. The van der Waals surface area contributed by atoms with Gasteiger partial charge in [-0.15, -0.1) is 24.0 Å². The number of hydrogen-bond acceptors (Lipinski definition) is 3. The van der Waals surface area contributed by atoms with Gasteiger partial charge in [-0.05, 0) is 42.5 Å². The minimum atomic E-state index is 0. The fraction of sp³-hybridized carbons (Fsp3) is 0.611. The molecule has 1 rings (SSSR count). The molecule has 0 aliphatic rings. The first-order chi connectivity index (χ1) is 11.0. The molecule has 0 bridgehead atoms. The van der Waals surface area contributed by atoms with E-state index < -0.39 is 0 Å². The summed E-state index contributed by atoms with van der Waals surface area (Å²) >= 11 is 1.90. The first-order valence-corrected chi connectivity index (χ1v) is 9.51. The van der Waals surface area contributed by atoms with Gasteiger partial charge in [0.1, 0.15) is 5.75 Å². The van der Waals surface area contributed by atoms with Gasteiger partial charge in [-0.3, -0.25) is 4.99 Å². The second-order valence-corrected chi connectivity index (χ2v) is 7.15. The Morgan fingerprint density at radius 2 is 1.83 bits per heavy atom. The predicted molar refractivity (Wildman–Crippen MR) is 118 cm³/mol. The number of thioether (sulfide) groups is 1. The Morgan fingerprint density at radius 3 is 2.38 bits per heavy atom. The maximum atomic E-state index is 5.22. The van der Waals surface area contributed by atoms with Crippen LogP contribution in [0.3, 0.4) is 0 Å². The molecule has 0 heterocycles. The lowest BCUT2D eigenvalue weighted by Crippen LogP contribution is -2.43. The summed E-state index contributed by atoms with van der Waals surface area (Å²) in [5.74, 6) is 2.98. The topological polar surface area (TPSA) is 45.7 Å². The molecule has 24 heavy (non-hydrogen) atoms. The zero-order chi connectivity index (χ0) is 17.1. The fourth-order valence-electron chi connectivity index (χ4n) is 2.25. The average Bonchev–Trinajstić information content (AvgIpc) is 2.57. The molecule has 0 fully saturated rings. The first kappa shape index (κ1) is 23.4. The van der Waals surface area contributed by atoms with E-state index in [0.29, 0.717) is 0 Å². The Bertz CT molecular complexity index is 478. The monoisotopic (exact) mass is 465 g/mol. The number of nitrogens with one attached hydrogen (secondary N) is 2. The van der Waals surface area contributed by atoms with E-state index in [2.05, 4.69) is 47.9 Å². The van der Waals surface area contributed by atoms with Crippen LogP contribution in [0.4, 0.5) is 0 Å². The van der Waals surface area contributed by atoms with Gasteiger partial charge in [0.2, 0.25) is 0 Å². The molecule has 0 saturated heterocycles. The van der Waals surface area contributed by atoms with E-state index in [9.17, 15) is 0 Å². The lowest BCUT2D eigenvalue weighted by Gasteiger charge is -2.27. The van der Waals surface area contributed by atoms with Gasteiger partial charge in [-0.2, -0.15) is 11.8 Å². The number of methoxy groups -OCH3 is 1. The van der Waals surface area contributed by atoms with Crippen LogP contribution in [0.1, 0.15) is 32.3 Å². The van der Waals surface area contributed by atoms with E-state index in [4.69, 9.17) is 4.74 Å². The minimum Gasteiger partial charge on any atom is -0.497 e. The van der Waals surface area contributed by atoms with Crippen molar-refractivity contribution in [3.05, 3.63) is 29.8 Å². The zero-order valence-corrected chi connectivity index (χ0v) is 18.7. The van der Waals surface area contributed by atoms with Gasteiger partial charge in [-0.25, -0.2) is 0 Å². The highest BCUT2D eigenvalue weighted by Gasteiger charge is 2.20. The molecule has 1 aromatic carbocycles. The van der Waals surface area contributed by atoms with Crippen molar-refractivity contribution >= 4 is 41.7 Å². The van der Waals surface area contributed by atoms with Crippen molar-refractivity contribution in [3.8, 4) is 5.75 Å². The number of benzene rings is 1. The third kappa shape index (κ3) is 8.46. The third-order valence-corrected chi connectivity index (χ3v) is 4.56. The molecule has 0 spiro atoms. The number of aliphatic imine (C=N–C) groups is 1. The molecule has 6 heteroatoms. The number of nitrogens with zero attached hydrogens (tertiary/aromatic N) is 1. The third-order valence-electron chi connectivity index (χ3n) is 3.86. The summed E-state index contributed by atoms with van der Waals surface area (Å²) in [5.41, 5.74) is 1.30. The lowest BCUT2D eigenvalue weighted by molar-refractivity contribution is 0.414. The lowest BCUT2D eigenvalue weighted by atomic mass is 9.84. The van der Waals surface area contributed by atoms with Gasteiger partial charge < -0.3 is 15.4 Å². The van der Waals surface area contributed by atoms with Crippen molar-refractivity contribution < 1.29 is 4.74 Å². The normalized spacial score (nSPS) is 11.6. The zero-order valence-electron chi connectivity index (χ0n) is 15.5. The number of guanidine groups is 1. The summed E-state index contributed by atoms with van der Waals surface area (Å²) < 4.78 is 5.22. The average molecular weight is 465 g/mol. The second-order valence-electron chi connectivity index (χ2n) is 6.16. The highest BCUT2D eigenvalue weighted by atomic mass is 127. The van der Waals surface area contributed by atoms with Crippen molar-refractivity contribution in [2.45, 2.75) is 32.1 Å². The number of ether oxygens (including phenoxy) is 1. The second kappa shape index (κ2) is 12.7. The molecule has 0 saturated carbocycles. The van der Waals surface area contributed by atoms with E-state index in [1.165, 1.54) is 24.2 Å². The minimum absolute atomic E-state index is 0. The van der Waals surface area contributed by atoms with Crippen LogP contribution in [-0.4, -0.2) is 45.2 Å². The molecule has 0 amide bonds. The summed E-state index contributed by atoms with van der Waals surface area (Å²) in [4.78, 5) is 4.30. The number of rotatable bonds is 9.